The number of hydrogen-bond acceptors (Lipinski definition) is 8. The van der Waals surface area contributed by atoms with Crippen LogP contribution in [0.3, 0.4) is 0 Å². The van der Waals surface area contributed by atoms with E-state index in [0.29, 0.717) is 22.4 Å². The molecule has 0 spiro atoms. The molecule has 1 rings (SSSR count). The molecule has 0 aliphatic heterocycles. The molecule has 0 aromatic carbocycles. The molecule has 1 atom stereocenters. The van der Waals surface area contributed by atoms with Crippen LogP contribution in [0.5, 0.6) is 5.88 Å². The van der Waals surface area contributed by atoms with Gasteiger partial charge in [0.25, 0.3) is 0 Å². The van der Waals surface area contributed by atoms with E-state index in [-0.39, 0.29) is 5.50 Å². The molecular formula is C13H21N7OS2. The van der Waals surface area contributed by atoms with Crippen LogP contribution in [0.2, 0.25) is 0 Å². The van der Waals surface area contributed by atoms with Crippen LogP contribution >= 0.6 is 24.8 Å². The average molecular weight is 355 g/mol. The first-order valence-electron chi connectivity index (χ1n) is 6.73. The summed E-state index contributed by atoms with van der Waals surface area (Å²) in [6.07, 6.45) is 1.65. The second-order valence-corrected chi connectivity index (χ2v) is 5.18. The van der Waals surface area contributed by atoms with Crippen molar-refractivity contribution in [2.24, 2.45) is 10.2 Å². The van der Waals surface area contributed by atoms with Crippen LogP contribution < -0.4 is 26.2 Å². The second-order valence-electron chi connectivity index (χ2n) is 4.26. The molecule has 10 heteroatoms. The summed E-state index contributed by atoms with van der Waals surface area (Å²) >= 11 is 9.26. The number of thiocarbonyl (C=S) groups is 1. The van der Waals surface area contributed by atoms with Gasteiger partial charge in [-0.3, -0.25) is 16.2 Å². The van der Waals surface area contributed by atoms with Crippen LogP contribution in [0, 0.1) is 0 Å². The van der Waals surface area contributed by atoms with E-state index < -0.39 is 0 Å². The van der Waals surface area contributed by atoms with Crippen molar-refractivity contribution >= 4 is 41.4 Å². The number of hydrogen-bond donors (Lipinski definition) is 5. The lowest BCUT2D eigenvalue weighted by molar-refractivity contribution is 0.398. The fourth-order valence-electron chi connectivity index (χ4n) is 1.43. The van der Waals surface area contributed by atoms with Gasteiger partial charge in [0.1, 0.15) is 11.2 Å². The summed E-state index contributed by atoms with van der Waals surface area (Å²) < 4.78 is 5.06. The highest BCUT2D eigenvalue weighted by molar-refractivity contribution is 7.80. The van der Waals surface area contributed by atoms with Gasteiger partial charge in [-0.05, 0) is 32.3 Å². The first-order chi connectivity index (χ1) is 11.0. The minimum Gasteiger partial charge on any atom is -0.481 e. The Morgan fingerprint density at radius 1 is 1.35 bits per heavy atom. The Morgan fingerprint density at radius 2 is 2.09 bits per heavy atom. The van der Waals surface area contributed by atoms with E-state index in [1.165, 1.54) is 0 Å². The number of rotatable bonds is 7. The minimum atomic E-state index is -0.296. The first-order valence-corrected chi connectivity index (χ1v) is 7.65. The van der Waals surface area contributed by atoms with Crippen molar-refractivity contribution in [1.82, 2.24) is 26.5 Å². The van der Waals surface area contributed by atoms with Gasteiger partial charge < -0.3 is 10.1 Å². The van der Waals surface area contributed by atoms with Crippen molar-refractivity contribution in [1.29, 1.82) is 0 Å². The summed E-state index contributed by atoms with van der Waals surface area (Å²) in [5.74, 6) is 0.521. The minimum absolute atomic E-state index is 0.296. The number of pyridine rings is 1. The Labute approximate surface area is 146 Å². The van der Waals surface area contributed by atoms with Gasteiger partial charge in [-0.15, -0.1) is 12.6 Å². The summed E-state index contributed by atoms with van der Waals surface area (Å²) in [5, 5.41) is 14.6. The molecule has 126 valence electrons. The molecule has 4 N–H and O–H groups in total. The van der Waals surface area contributed by atoms with Crippen LogP contribution in [0.15, 0.2) is 28.5 Å². The van der Waals surface area contributed by atoms with E-state index in [1.807, 2.05) is 13.0 Å². The van der Waals surface area contributed by atoms with Gasteiger partial charge in [0, 0.05) is 24.9 Å². The number of nitrogens with zero attached hydrogens (tertiary/aromatic N) is 3. The summed E-state index contributed by atoms with van der Waals surface area (Å²) in [6.45, 7) is 1.81. The maximum atomic E-state index is 5.06. The molecule has 0 saturated heterocycles. The summed E-state index contributed by atoms with van der Waals surface area (Å²) in [5.41, 5.74) is 7.29. The Hall–Kier alpha value is -1.91. The van der Waals surface area contributed by atoms with Crippen molar-refractivity contribution < 1.29 is 4.74 Å². The molecule has 0 fully saturated rings. The zero-order chi connectivity index (χ0) is 17.2. The van der Waals surface area contributed by atoms with Crippen molar-refractivity contribution in [3.8, 4) is 5.88 Å². The molecule has 0 saturated carbocycles. The summed E-state index contributed by atoms with van der Waals surface area (Å²) in [4.78, 5) is 4.18. The van der Waals surface area contributed by atoms with E-state index >= 15 is 0 Å². The maximum absolute atomic E-state index is 5.06. The van der Waals surface area contributed by atoms with Gasteiger partial charge in [-0.25, -0.2) is 4.98 Å². The molecule has 1 heterocycles. The summed E-state index contributed by atoms with van der Waals surface area (Å²) in [7, 11) is 5.04. The average Bonchev–Trinajstić information content (AvgIpc) is 2.59. The van der Waals surface area contributed by atoms with Gasteiger partial charge in [0.2, 0.25) is 5.88 Å². The molecule has 23 heavy (non-hydrogen) atoms. The molecular weight excluding hydrogens is 334 g/mol. The number of methoxy groups -OCH3 is 1. The molecule has 1 aromatic heterocycles. The quantitative estimate of drug-likeness (QED) is 0.158. The zero-order valence-corrected chi connectivity index (χ0v) is 15.1. The van der Waals surface area contributed by atoms with E-state index in [9.17, 15) is 0 Å². The number of nitrogens with one attached hydrogen (secondary N) is 4. The predicted octanol–water partition coefficient (Wildman–Crippen LogP) is 0.287. The van der Waals surface area contributed by atoms with Crippen molar-refractivity contribution in [3.05, 3.63) is 23.9 Å². The van der Waals surface area contributed by atoms with Crippen LogP contribution in [0.1, 0.15) is 12.5 Å². The van der Waals surface area contributed by atoms with Gasteiger partial charge in [-0.2, -0.15) is 10.2 Å². The predicted molar refractivity (Wildman–Crippen MR) is 100 cm³/mol. The number of ether oxygens (including phenoxy) is 1. The SMILES string of the molecule is CNC(=S)N/N=C(C)/C(=N/NC(S)NC)c1ccc(OC)nc1. The van der Waals surface area contributed by atoms with Crippen LogP contribution in [-0.2, 0) is 0 Å². The Morgan fingerprint density at radius 3 is 2.61 bits per heavy atom. The molecule has 0 aliphatic rings. The molecule has 0 aliphatic carbocycles. The Kier molecular flexibility index (Phi) is 8.30. The van der Waals surface area contributed by atoms with Crippen molar-refractivity contribution in [3.63, 3.8) is 0 Å². The molecule has 1 aromatic rings. The zero-order valence-electron chi connectivity index (χ0n) is 13.4. The fourth-order valence-corrected chi connectivity index (χ4v) is 1.53. The highest BCUT2D eigenvalue weighted by atomic mass is 32.1. The largest absolute Gasteiger partial charge is 0.481 e. The van der Waals surface area contributed by atoms with E-state index in [0.717, 1.165) is 5.56 Å². The molecule has 8 nitrogen and oxygen atoms in total. The third-order valence-corrected chi connectivity index (χ3v) is 3.35. The first kappa shape index (κ1) is 19.1. The van der Waals surface area contributed by atoms with Gasteiger partial charge in [-0.1, -0.05) is 0 Å². The topological polar surface area (TPSA) is 95.0 Å². The third-order valence-electron chi connectivity index (χ3n) is 2.69. The van der Waals surface area contributed by atoms with Gasteiger partial charge in [0.05, 0.1) is 12.8 Å². The molecule has 0 bridgehead atoms. The molecule has 1 unspecified atom stereocenters. The van der Waals surface area contributed by atoms with Crippen molar-refractivity contribution in [2.45, 2.75) is 12.4 Å². The van der Waals surface area contributed by atoms with Gasteiger partial charge >= 0.3 is 0 Å². The standard InChI is InChI=1S/C13H21N7OS2/c1-8(17-19-12(22)14-2)11(18-20-13(23)15-3)9-5-6-10(21-4)16-7-9/h5-7,13,15,20,23H,1-4H3,(H2,14,19,22)/b17-8+,18-11-. The van der Waals surface area contributed by atoms with Crippen LogP contribution in [0.25, 0.3) is 0 Å². The highest BCUT2D eigenvalue weighted by Gasteiger charge is 2.10. The van der Waals surface area contributed by atoms with Crippen molar-refractivity contribution in [2.75, 3.05) is 21.2 Å². The second kappa shape index (κ2) is 9.98. The monoisotopic (exact) mass is 355 g/mol. The lowest BCUT2D eigenvalue weighted by Gasteiger charge is -2.12. The lowest BCUT2D eigenvalue weighted by atomic mass is 10.1. The Bertz CT molecular complexity index is 574. The number of aromatic nitrogens is 1. The highest BCUT2D eigenvalue weighted by Crippen LogP contribution is 2.09. The third kappa shape index (κ3) is 6.38. The van der Waals surface area contributed by atoms with E-state index in [2.05, 4.69) is 49.3 Å². The lowest BCUT2D eigenvalue weighted by Crippen LogP contribution is -2.34. The van der Waals surface area contributed by atoms with E-state index in [1.54, 1.807) is 33.5 Å². The van der Waals surface area contributed by atoms with E-state index in [4.69, 9.17) is 17.0 Å². The maximum Gasteiger partial charge on any atom is 0.212 e. The number of hydrazone groups is 2. The fraction of sp³-hybridized carbons (Fsp3) is 0.385. The smallest absolute Gasteiger partial charge is 0.212 e. The van der Waals surface area contributed by atoms with Crippen LogP contribution in [-0.4, -0.2) is 48.2 Å². The van der Waals surface area contributed by atoms with Gasteiger partial charge in [0.15, 0.2) is 5.11 Å². The van der Waals surface area contributed by atoms with Crippen LogP contribution in [0.4, 0.5) is 0 Å². The summed E-state index contributed by atoms with van der Waals surface area (Å²) in [6, 6.07) is 3.59. The number of thiol groups is 1. The normalized spacial score (nSPS) is 13.3. The molecule has 0 radical (unpaired) electrons. The molecule has 0 amide bonds. The Balaban J connectivity index is 3.07.